The molecule has 0 atom stereocenters. The number of amides is 1. The zero-order valence-corrected chi connectivity index (χ0v) is 20.2. The fraction of sp³-hybridized carbons (Fsp3) is 0.269. The van der Waals surface area contributed by atoms with Crippen molar-refractivity contribution in [3.63, 3.8) is 0 Å². The van der Waals surface area contributed by atoms with Gasteiger partial charge in [-0.05, 0) is 53.8 Å². The van der Waals surface area contributed by atoms with Crippen molar-refractivity contribution < 1.29 is 22.7 Å². The van der Waals surface area contributed by atoms with Crippen LogP contribution in [0.1, 0.15) is 23.1 Å². The van der Waals surface area contributed by atoms with Gasteiger partial charge in [0.1, 0.15) is 0 Å². The Morgan fingerprint density at radius 2 is 1.47 bits per heavy atom. The molecule has 3 aromatic carbocycles. The molecule has 0 unspecified atom stereocenters. The molecule has 0 fully saturated rings. The largest absolute Gasteiger partial charge is 0.493 e. The van der Waals surface area contributed by atoms with Gasteiger partial charge in [-0.3, -0.25) is 4.79 Å². The molecule has 180 valence electrons. The molecule has 1 amide bonds. The van der Waals surface area contributed by atoms with E-state index in [0.717, 1.165) is 16.7 Å². The lowest BCUT2D eigenvalue weighted by molar-refractivity contribution is -0.121. The number of rotatable bonds is 12. The molecule has 0 saturated heterocycles. The first-order valence-electron chi connectivity index (χ1n) is 11.0. The van der Waals surface area contributed by atoms with E-state index in [-0.39, 0.29) is 17.3 Å². The monoisotopic (exact) mass is 482 g/mol. The molecule has 0 aliphatic rings. The fourth-order valence-electron chi connectivity index (χ4n) is 3.42. The number of carbonyl (C=O) groups is 1. The predicted molar refractivity (Wildman–Crippen MR) is 131 cm³/mol. The summed E-state index contributed by atoms with van der Waals surface area (Å²) >= 11 is 0. The van der Waals surface area contributed by atoms with Gasteiger partial charge in [-0.15, -0.1) is 0 Å². The van der Waals surface area contributed by atoms with Crippen LogP contribution in [0.2, 0.25) is 0 Å². The molecule has 34 heavy (non-hydrogen) atoms. The van der Waals surface area contributed by atoms with Gasteiger partial charge in [-0.2, -0.15) is 0 Å². The van der Waals surface area contributed by atoms with Gasteiger partial charge in [0.05, 0.1) is 19.1 Å². The van der Waals surface area contributed by atoms with Crippen LogP contribution in [0, 0.1) is 0 Å². The average Bonchev–Trinajstić information content (AvgIpc) is 2.87. The molecule has 0 aliphatic heterocycles. The molecule has 0 saturated carbocycles. The van der Waals surface area contributed by atoms with Gasteiger partial charge in [0.2, 0.25) is 15.9 Å². The quantitative estimate of drug-likeness (QED) is 0.412. The summed E-state index contributed by atoms with van der Waals surface area (Å²) in [5.41, 5.74) is 2.83. The number of aryl methyl sites for hydroxylation is 1. The Morgan fingerprint density at radius 3 is 2.15 bits per heavy atom. The van der Waals surface area contributed by atoms with Crippen molar-refractivity contribution in [2.75, 3.05) is 20.8 Å². The minimum Gasteiger partial charge on any atom is -0.493 e. The Balaban J connectivity index is 1.43. The molecule has 0 aliphatic carbocycles. The molecule has 0 radical (unpaired) electrons. The van der Waals surface area contributed by atoms with Crippen molar-refractivity contribution in [1.82, 2.24) is 10.0 Å². The highest BCUT2D eigenvalue weighted by Crippen LogP contribution is 2.27. The average molecular weight is 483 g/mol. The van der Waals surface area contributed by atoms with Crippen LogP contribution in [0.3, 0.4) is 0 Å². The molecule has 3 rings (SSSR count). The first-order chi connectivity index (χ1) is 16.4. The topological polar surface area (TPSA) is 93.7 Å². The highest BCUT2D eigenvalue weighted by Gasteiger charge is 2.13. The highest BCUT2D eigenvalue weighted by atomic mass is 32.2. The summed E-state index contributed by atoms with van der Waals surface area (Å²) in [6.07, 6.45) is 1.53. The maximum absolute atomic E-state index is 12.5. The van der Waals surface area contributed by atoms with E-state index in [4.69, 9.17) is 9.47 Å². The number of methoxy groups -OCH3 is 2. The van der Waals surface area contributed by atoms with Gasteiger partial charge in [0, 0.05) is 19.5 Å². The van der Waals surface area contributed by atoms with Crippen molar-refractivity contribution in [3.05, 3.63) is 89.5 Å². The summed E-state index contributed by atoms with van der Waals surface area (Å²) in [5.74, 6) is 1.27. The minimum absolute atomic E-state index is 0.0540. The van der Waals surface area contributed by atoms with Gasteiger partial charge in [-0.1, -0.05) is 48.5 Å². The molecule has 0 aromatic heterocycles. The number of sulfonamides is 1. The third-order valence-corrected chi connectivity index (χ3v) is 6.78. The maximum atomic E-state index is 12.5. The van der Waals surface area contributed by atoms with E-state index in [1.165, 1.54) is 0 Å². The predicted octanol–water partition coefficient (Wildman–Crippen LogP) is 3.47. The Labute approximate surface area is 201 Å². The minimum atomic E-state index is -3.60. The Bertz CT molecular complexity index is 1180. The molecule has 3 aromatic rings. The van der Waals surface area contributed by atoms with Crippen molar-refractivity contribution in [2.24, 2.45) is 0 Å². The fourth-order valence-corrected chi connectivity index (χ4v) is 4.44. The van der Waals surface area contributed by atoms with Gasteiger partial charge in [0.25, 0.3) is 0 Å². The van der Waals surface area contributed by atoms with Gasteiger partial charge < -0.3 is 14.8 Å². The number of benzene rings is 3. The lowest BCUT2D eigenvalue weighted by Gasteiger charge is -2.10. The van der Waals surface area contributed by atoms with E-state index in [0.29, 0.717) is 37.3 Å². The number of carbonyl (C=O) groups excluding carboxylic acids is 1. The van der Waals surface area contributed by atoms with Crippen LogP contribution in [0.5, 0.6) is 11.5 Å². The molecule has 2 N–H and O–H groups in total. The van der Waals surface area contributed by atoms with E-state index in [2.05, 4.69) is 10.0 Å². The number of ether oxygens (including phenoxy) is 2. The second kappa shape index (κ2) is 12.2. The number of hydrogen-bond donors (Lipinski definition) is 2. The SMILES string of the molecule is COc1ccc(CCNC(=O)CCc2ccc(S(=O)(=O)NCc3ccccc3)cc2)cc1OC. The Kier molecular flexibility index (Phi) is 9.07. The van der Waals surface area contributed by atoms with E-state index < -0.39 is 10.0 Å². The van der Waals surface area contributed by atoms with Gasteiger partial charge in [-0.25, -0.2) is 13.1 Å². The van der Waals surface area contributed by atoms with Crippen molar-refractivity contribution in [2.45, 2.75) is 30.7 Å². The molecule has 0 spiro atoms. The van der Waals surface area contributed by atoms with E-state index in [9.17, 15) is 13.2 Å². The molecule has 0 bridgehead atoms. The molecular weight excluding hydrogens is 452 g/mol. The standard InChI is InChI=1S/C26H30N2O5S/c1-32-24-14-10-21(18-25(24)33-2)16-17-27-26(29)15-11-20-8-12-23(13-9-20)34(30,31)28-19-22-6-4-3-5-7-22/h3-10,12-14,18,28H,11,15-17,19H2,1-2H3,(H,27,29). The summed E-state index contributed by atoms with van der Waals surface area (Å²) < 4.78 is 38.1. The first kappa shape index (κ1) is 25.3. The Hall–Kier alpha value is -3.36. The highest BCUT2D eigenvalue weighted by molar-refractivity contribution is 7.89. The van der Waals surface area contributed by atoms with Gasteiger partial charge >= 0.3 is 0 Å². The lowest BCUT2D eigenvalue weighted by atomic mass is 10.1. The van der Waals surface area contributed by atoms with Crippen molar-refractivity contribution in [1.29, 1.82) is 0 Å². The summed E-state index contributed by atoms with van der Waals surface area (Å²) in [7, 11) is -0.420. The smallest absolute Gasteiger partial charge is 0.240 e. The second-order valence-electron chi connectivity index (χ2n) is 7.74. The van der Waals surface area contributed by atoms with Crippen molar-refractivity contribution >= 4 is 15.9 Å². The van der Waals surface area contributed by atoms with E-state index in [1.807, 2.05) is 48.5 Å². The number of nitrogens with one attached hydrogen (secondary N) is 2. The van der Waals surface area contributed by atoms with Crippen LogP contribution in [0.4, 0.5) is 0 Å². The van der Waals surface area contributed by atoms with Crippen LogP contribution in [-0.4, -0.2) is 35.1 Å². The normalized spacial score (nSPS) is 11.1. The van der Waals surface area contributed by atoms with E-state index >= 15 is 0 Å². The van der Waals surface area contributed by atoms with Crippen LogP contribution in [-0.2, 0) is 34.2 Å². The van der Waals surface area contributed by atoms with Crippen LogP contribution in [0.15, 0.2) is 77.7 Å². The number of hydrogen-bond acceptors (Lipinski definition) is 5. The van der Waals surface area contributed by atoms with Crippen LogP contribution in [0.25, 0.3) is 0 Å². The third-order valence-electron chi connectivity index (χ3n) is 5.37. The molecule has 7 nitrogen and oxygen atoms in total. The molecular formula is C26H30N2O5S. The molecule has 8 heteroatoms. The summed E-state index contributed by atoms with van der Waals surface area (Å²) in [5, 5.41) is 2.92. The van der Waals surface area contributed by atoms with Crippen LogP contribution >= 0.6 is 0 Å². The van der Waals surface area contributed by atoms with Gasteiger partial charge in [0.15, 0.2) is 11.5 Å². The lowest BCUT2D eigenvalue weighted by Crippen LogP contribution is -2.26. The zero-order valence-electron chi connectivity index (χ0n) is 19.4. The summed E-state index contributed by atoms with van der Waals surface area (Å²) in [6, 6.07) is 21.7. The summed E-state index contributed by atoms with van der Waals surface area (Å²) in [4.78, 5) is 12.4. The maximum Gasteiger partial charge on any atom is 0.240 e. The van der Waals surface area contributed by atoms with E-state index in [1.54, 1.807) is 38.5 Å². The van der Waals surface area contributed by atoms with Crippen molar-refractivity contribution in [3.8, 4) is 11.5 Å². The second-order valence-corrected chi connectivity index (χ2v) is 9.51. The first-order valence-corrected chi connectivity index (χ1v) is 12.5. The molecule has 0 heterocycles. The third kappa shape index (κ3) is 7.33. The Morgan fingerprint density at radius 1 is 0.794 bits per heavy atom. The summed E-state index contributed by atoms with van der Waals surface area (Å²) in [6.45, 7) is 0.743. The zero-order chi connectivity index (χ0) is 24.4. The van der Waals surface area contributed by atoms with Crippen LogP contribution < -0.4 is 19.5 Å².